The van der Waals surface area contributed by atoms with Gasteiger partial charge in [0.05, 0.1) is 12.1 Å². The highest BCUT2D eigenvalue weighted by Gasteiger charge is 2.08. The van der Waals surface area contributed by atoms with Crippen molar-refractivity contribution in [1.29, 1.82) is 0 Å². The van der Waals surface area contributed by atoms with Gasteiger partial charge in [0.2, 0.25) is 0 Å². The van der Waals surface area contributed by atoms with Crippen LogP contribution in [-0.2, 0) is 6.54 Å². The van der Waals surface area contributed by atoms with E-state index in [4.69, 9.17) is 4.42 Å². The summed E-state index contributed by atoms with van der Waals surface area (Å²) in [5, 5.41) is 2.98. The Morgan fingerprint density at radius 2 is 1.94 bits per heavy atom. The van der Waals surface area contributed by atoms with Crippen LogP contribution in [0.1, 0.15) is 5.76 Å². The van der Waals surface area contributed by atoms with E-state index < -0.39 is 0 Å². The van der Waals surface area contributed by atoms with Crippen molar-refractivity contribution < 1.29 is 8.81 Å². The Hall–Kier alpha value is -1.32. The third-order valence-corrected chi connectivity index (χ3v) is 2.15. The van der Waals surface area contributed by atoms with Gasteiger partial charge in [-0.25, -0.2) is 4.39 Å². The number of halogens is 2. The largest absolute Gasteiger partial charge is 0.460 e. The van der Waals surface area contributed by atoms with Crippen LogP contribution in [0.25, 0.3) is 11.3 Å². The van der Waals surface area contributed by atoms with E-state index in [-0.39, 0.29) is 18.2 Å². The number of hydrogen-bond acceptors (Lipinski definition) is 2. The zero-order valence-corrected chi connectivity index (χ0v) is 9.68. The molecule has 1 aromatic heterocycles. The van der Waals surface area contributed by atoms with E-state index in [2.05, 4.69) is 5.32 Å². The molecule has 86 valence electrons. The Morgan fingerprint density at radius 1 is 1.19 bits per heavy atom. The van der Waals surface area contributed by atoms with Gasteiger partial charge in [-0.05, 0) is 31.3 Å². The van der Waals surface area contributed by atoms with Crippen LogP contribution in [0, 0.1) is 5.82 Å². The highest BCUT2D eigenvalue weighted by atomic mass is 35.5. The van der Waals surface area contributed by atoms with Gasteiger partial charge in [-0.1, -0.05) is 12.1 Å². The molecule has 16 heavy (non-hydrogen) atoms. The molecule has 0 amide bonds. The van der Waals surface area contributed by atoms with Crippen LogP contribution in [0.4, 0.5) is 4.39 Å². The lowest BCUT2D eigenvalue weighted by Gasteiger charge is -1.98. The molecular formula is C12H13ClFNO. The average molecular weight is 242 g/mol. The number of hydrogen-bond donors (Lipinski definition) is 1. The summed E-state index contributed by atoms with van der Waals surface area (Å²) >= 11 is 0. The number of furan rings is 1. The minimum absolute atomic E-state index is 0. The Kier molecular flexibility index (Phi) is 4.52. The van der Waals surface area contributed by atoms with Crippen molar-refractivity contribution in [3.8, 4) is 11.3 Å². The minimum Gasteiger partial charge on any atom is -0.460 e. The highest BCUT2D eigenvalue weighted by molar-refractivity contribution is 5.85. The first kappa shape index (κ1) is 12.7. The molecule has 0 aliphatic rings. The molecule has 0 saturated carbocycles. The maximum atomic E-state index is 13.4. The van der Waals surface area contributed by atoms with Gasteiger partial charge < -0.3 is 9.73 Å². The van der Waals surface area contributed by atoms with E-state index in [1.165, 1.54) is 6.07 Å². The molecule has 1 N–H and O–H groups in total. The molecule has 2 rings (SSSR count). The van der Waals surface area contributed by atoms with E-state index in [0.717, 1.165) is 5.76 Å². The first-order chi connectivity index (χ1) is 7.31. The molecule has 0 atom stereocenters. The monoisotopic (exact) mass is 241 g/mol. The Morgan fingerprint density at radius 3 is 2.62 bits per heavy atom. The molecule has 0 unspecified atom stereocenters. The fourth-order valence-corrected chi connectivity index (χ4v) is 1.45. The summed E-state index contributed by atoms with van der Waals surface area (Å²) in [4.78, 5) is 0. The predicted molar refractivity (Wildman–Crippen MR) is 64.1 cm³/mol. The lowest BCUT2D eigenvalue weighted by Crippen LogP contribution is -2.03. The van der Waals surface area contributed by atoms with Crippen LogP contribution in [-0.4, -0.2) is 7.05 Å². The Balaban J connectivity index is 0.00000128. The number of nitrogens with one attached hydrogen (secondary N) is 1. The maximum absolute atomic E-state index is 13.4. The van der Waals surface area contributed by atoms with E-state index in [0.29, 0.717) is 17.9 Å². The Labute approximate surface area is 99.9 Å². The molecule has 0 saturated heterocycles. The van der Waals surface area contributed by atoms with Crippen LogP contribution in [0.2, 0.25) is 0 Å². The predicted octanol–water partition coefficient (Wildman–Crippen LogP) is 3.23. The van der Waals surface area contributed by atoms with Crippen LogP contribution in [0.3, 0.4) is 0 Å². The zero-order chi connectivity index (χ0) is 10.7. The molecule has 0 bridgehead atoms. The van der Waals surface area contributed by atoms with E-state index >= 15 is 0 Å². The molecule has 1 heterocycles. The normalized spacial score (nSPS) is 9.88. The first-order valence-corrected chi connectivity index (χ1v) is 4.79. The van der Waals surface area contributed by atoms with Crippen LogP contribution >= 0.6 is 12.4 Å². The second kappa shape index (κ2) is 5.68. The Bertz CT molecular complexity index is 456. The molecule has 4 heteroatoms. The summed E-state index contributed by atoms with van der Waals surface area (Å²) in [6.07, 6.45) is 0. The van der Waals surface area contributed by atoms with Crippen molar-refractivity contribution >= 4 is 12.4 Å². The molecule has 0 aliphatic heterocycles. The van der Waals surface area contributed by atoms with E-state index in [1.54, 1.807) is 24.3 Å². The quantitative estimate of drug-likeness (QED) is 0.893. The highest BCUT2D eigenvalue weighted by Crippen LogP contribution is 2.24. The zero-order valence-electron chi connectivity index (χ0n) is 8.87. The third kappa shape index (κ3) is 2.62. The second-order valence-corrected chi connectivity index (χ2v) is 3.28. The molecule has 0 radical (unpaired) electrons. The second-order valence-electron chi connectivity index (χ2n) is 3.28. The molecular weight excluding hydrogens is 229 g/mol. The fourth-order valence-electron chi connectivity index (χ4n) is 1.45. The average Bonchev–Trinajstić information content (AvgIpc) is 2.68. The van der Waals surface area contributed by atoms with Crippen molar-refractivity contribution in [3.05, 3.63) is 48.0 Å². The standard InChI is InChI=1S/C12H12FNO.ClH/c1-14-8-9-6-7-12(15-9)10-4-2-3-5-11(10)13;/h2-7,14H,8H2,1H3;1H. The maximum Gasteiger partial charge on any atom is 0.137 e. The minimum atomic E-state index is -0.261. The van der Waals surface area contributed by atoms with Crippen LogP contribution in [0.15, 0.2) is 40.8 Å². The summed E-state index contributed by atoms with van der Waals surface area (Å²) in [7, 11) is 1.84. The van der Waals surface area contributed by atoms with Crippen molar-refractivity contribution in [2.45, 2.75) is 6.54 Å². The molecule has 2 aromatic rings. The topological polar surface area (TPSA) is 25.2 Å². The first-order valence-electron chi connectivity index (χ1n) is 4.79. The van der Waals surface area contributed by atoms with Gasteiger partial charge in [-0.2, -0.15) is 0 Å². The van der Waals surface area contributed by atoms with Crippen molar-refractivity contribution in [1.82, 2.24) is 5.32 Å². The van der Waals surface area contributed by atoms with E-state index in [9.17, 15) is 4.39 Å². The molecule has 0 spiro atoms. The fraction of sp³-hybridized carbons (Fsp3) is 0.167. The lowest BCUT2D eigenvalue weighted by atomic mass is 10.1. The van der Waals surface area contributed by atoms with Crippen LogP contribution in [0.5, 0.6) is 0 Å². The van der Waals surface area contributed by atoms with Crippen molar-refractivity contribution in [3.63, 3.8) is 0 Å². The smallest absolute Gasteiger partial charge is 0.137 e. The van der Waals surface area contributed by atoms with E-state index in [1.807, 2.05) is 13.1 Å². The van der Waals surface area contributed by atoms with Crippen molar-refractivity contribution in [2.24, 2.45) is 0 Å². The van der Waals surface area contributed by atoms with Gasteiger partial charge >= 0.3 is 0 Å². The molecule has 0 fully saturated rings. The summed E-state index contributed by atoms with van der Waals surface area (Å²) < 4.78 is 18.9. The number of benzene rings is 1. The number of rotatable bonds is 3. The van der Waals surface area contributed by atoms with Gasteiger partial charge in [0, 0.05) is 0 Å². The van der Waals surface area contributed by atoms with Gasteiger partial charge in [0.1, 0.15) is 17.3 Å². The van der Waals surface area contributed by atoms with Gasteiger partial charge in [0.25, 0.3) is 0 Å². The summed E-state index contributed by atoms with van der Waals surface area (Å²) in [5.74, 6) is 1.11. The van der Waals surface area contributed by atoms with Gasteiger partial charge in [-0.3, -0.25) is 0 Å². The third-order valence-electron chi connectivity index (χ3n) is 2.15. The SMILES string of the molecule is CNCc1ccc(-c2ccccc2F)o1.Cl. The van der Waals surface area contributed by atoms with Crippen LogP contribution < -0.4 is 5.32 Å². The van der Waals surface area contributed by atoms with Crippen molar-refractivity contribution in [2.75, 3.05) is 7.05 Å². The summed E-state index contributed by atoms with van der Waals surface area (Å²) in [6, 6.07) is 10.2. The van der Waals surface area contributed by atoms with Gasteiger partial charge in [0.15, 0.2) is 0 Å². The molecule has 0 aliphatic carbocycles. The summed E-state index contributed by atoms with van der Waals surface area (Å²) in [6.45, 7) is 0.647. The molecule has 1 aromatic carbocycles. The van der Waals surface area contributed by atoms with Gasteiger partial charge in [-0.15, -0.1) is 12.4 Å². The lowest BCUT2D eigenvalue weighted by molar-refractivity contribution is 0.503. The molecule has 2 nitrogen and oxygen atoms in total. The summed E-state index contributed by atoms with van der Waals surface area (Å²) in [5.41, 5.74) is 0.500.